The second kappa shape index (κ2) is 6.28. The molecule has 2 aromatic carbocycles. The number of hydrogen-bond acceptors (Lipinski definition) is 2. The molecule has 0 spiro atoms. The van der Waals surface area contributed by atoms with Crippen molar-refractivity contribution < 1.29 is 17.9 Å². The van der Waals surface area contributed by atoms with Crippen LogP contribution in [-0.2, 0) is 13.0 Å². The van der Waals surface area contributed by atoms with Crippen molar-refractivity contribution in [3.8, 4) is 5.75 Å². The number of hydrogen-bond donors (Lipinski definition) is 0. The Morgan fingerprint density at radius 3 is 2.35 bits per heavy atom. The van der Waals surface area contributed by atoms with Gasteiger partial charge in [-0.3, -0.25) is 4.98 Å². The minimum atomic E-state index is -1.48. The van der Waals surface area contributed by atoms with Crippen LogP contribution in [-0.4, -0.2) is 4.98 Å². The molecular weight excluding hydrogens is 303 g/mol. The number of benzene rings is 2. The fourth-order valence-corrected chi connectivity index (χ4v) is 2.28. The molecule has 1 aromatic heterocycles. The van der Waals surface area contributed by atoms with E-state index in [0.29, 0.717) is 5.75 Å². The van der Waals surface area contributed by atoms with Crippen LogP contribution in [0.2, 0.25) is 0 Å². The summed E-state index contributed by atoms with van der Waals surface area (Å²) in [5, 5.41) is 0.980. The Bertz CT molecular complexity index is 841. The van der Waals surface area contributed by atoms with Crippen LogP contribution >= 0.6 is 0 Å². The number of fused-ring (bicyclic) bond motifs is 1. The van der Waals surface area contributed by atoms with E-state index >= 15 is 0 Å². The first-order valence-electron chi connectivity index (χ1n) is 7.22. The van der Waals surface area contributed by atoms with E-state index in [2.05, 4.69) is 4.98 Å². The maximum atomic E-state index is 13.2. The lowest BCUT2D eigenvalue weighted by Gasteiger charge is -2.08. The normalized spacial score (nSPS) is 11.0. The SMILES string of the molecule is CCc1ccc2ccc(OCc3cc(F)c(F)c(F)c3)cc2n1. The number of aryl methyl sites for hydroxylation is 1. The number of nitrogens with zero attached hydrogens (tertiary/aromatic N) is 1. The molecule has 0 aliphatic carbocycles. The summed E-state index contributed by atoms with van der Waals surface area (Å²) < 4.78 is 44.8. The van der Waals surface area contributed by atoms with Crippen molar-refractivity contribution in [3.63, 3.8) is 0 Å². The van der Waals surface area contributed by atoms with Gasteiger partial charge in [0, 0.05) is 17.1 Å². The van der Waals surface area contributed by atoms with Crippen molar-refractivity contribution in [2.45, 2.75) is 20.0 Å². The van der Waals surface area contributed by atoms with Gasteiger partial charge in [-0.1, -0.05) is 13.0 Å². The van der Waals surface area contributed by atoms with Gasteiger partial charge in [-0.25, -0.2) is 13.2 Å². The van der Waals surface area contributed by atoms with Gasteiger partial charge in [0.1, 0.15) is 12.4 Å². The molecule has 0 saturated heterocycles. The van der Waals surface area contributed by atoms with Crippen LogP contribution < -0.4 is 4.74 Å². The molecule has 0 saturated carbocycles. The first kappa shape index (κ1) is 15.3. The van der Waals surface area contributed by atoms with E-state index in [1.165, 1.54) is 0 Å². The lowest BCUT2D eigenvalue weighted by atomic mass is 10.2. The van der Waals surface area contributed by atoms with Gasteiger partial charge in [-0.2, -0.15) is 0 Å². The summed E-state index contributed by atoms with van der Waals surface area (Å²) in [6, 6.07) is 11.2. The summed E-state index contributed by atoms with van der Waals surface area (Å²) >= 11 is 0. The Morgan fingerprint density at radius 1 is 0.957 bits per heavy atom. The molecule has 3 rings (SSSR count). The average Bonchev–Trinajstić information content (AvgIpc) is 2.56. The van der Waals surface area contributed by atoms with Crippen molar-refractivity contribution in [3.05, 3.63) is 71.2 Å². The van der Waals surface area contributed by atoms with Crippen molar-refractivity contribution in [2.24, 2.45) is 0 Å². The predicted molar refractivity (Wildman–Crippen MR) is 81.8 cm³/mol. The highest BCUT2D eigenvalue weighted by Crippen LogP contribution is 2.21. The summed E-state index contributed by atoms with van der Waals surface area (Å²) in [4.78, 5) is 4.50. The van der Waals surface area contributed by atoms with Gasteiger partial charge in [0.2, 0.25) is 0 Å². The summed E-state index contributed by atoms with van der Waals surface area (Å²) in [5.74, 6) is -3.40. The zero-order valence-electron chi connectivity index (χ0n) is 12.4. The number of pyridine rings is 1. The fraction of sp³-hybridized carbons (Fsp3) is 0.167. The predicted octanol–water partition coefficient (Wildman–Crippen LogP) is 4.79. The van der Waals surface area contributed by atoms with Gasteiger partial charge in [0.25, 0.3) is 0 Å². The van der Waals surface area contributed by atoms with Crippen LogP contribution in [0, 0.1) is 17.5 Å². The van der Waals surface area contributed by atoms with E-state index in [-0.39, 0.29) is 12.2 Å². The molecular formula is C18H14F3NO. The molecule has 118 valence electrons. The summed E-state index contributed by atoms with van der Waals surface area (Å²) in [7, 11) is 0. The van der Waals surface area contributed by atoms with E-state index in [0.717, 1.165) is 35.2 Å². The largest absolute Gasteiger partial charge is 0.489 e. The summed E-state index contributed by atoms with van der Waals surface area (Å²) in [6.45, 7) is 1.96. The highest BCUT2D eigenvalue weighted by molar-refractivity contribution is 5.80. The van der Waals surface area contributed by atoms with Crippen molar-refractivity contribution in [1.29, 1.82) is 0 Å². The third-order valence-electron chi connectivity index (χ3n) is 3.53. The van der Waals surface area contributed by atoms with Crippen molar-refractivity contribution in [2.75, 3.05) is 0 Å². The lowest BCUT2D eigenvalue weighted by Crippen LogP contribution is -2.00. The van der Waals surface area contributed by atoms with Crippen LogP contribution in [0.5, 0.6) is 5.75 Å². The summed E-state index contributed by atoms with van der Waals surface area (Å²) in [5.41, 5.74) is 1.98. The van der Waals surface area contributed by atoms with E-state index in [4.69, 9.17) is 4.74 Å². The molecule has 0 atom stereocenters. The fourth-order valence-electron chi connectivity index (χ4n) is 2.28. The number of ether oxygens (including phenoxy) is 1. The summed E-state index contributed by atoms with van der Waals surface area (Å²) in [6.07, 6.45) is 0.829. The molecule has 1 heterocycles. The maximum Gasteiger partial charge on any atom is 0.194 e. The third-order valence-corrected chi connectivity index (χ3v) is 3.53. The zero-order valence-corrected chi connectivity index (χ0v) is 12.4. The van der Waals surface area contributed by atoms with Crippen LogP contribution in [0.4, 0.5) is 13.2 Å². The highest BCUT2D eigenvalue weighted by Gasteiger charge is 2.11. The molecule has 5 heteroatoms. The molecule has 0 radical (unpaired) electrons. The molecule has 0 aliphatic heterocycles. The van der Waals surface area contributed by atoms with Crippen molar-refractivity contribution in [1.82, 2.24) is 4.98 Å². The van der Waals surface area contributed by atoms with Gasteiger partial charge in [-0.05, 0) is 42.3 Å². The molecule has 0 unspecified atom stereocenters. The Labute approximate surface area is 131 Å². The molecule has 0 N–H and O–H groups in total. The zero-order chi connectivity index (χ0) is 16.4. The molecule has 23 heavy (non-hydrogen) atoms. The first-order valence-corrected chi connectivity index (χ1v) is 7.22. The number of halogens is 3. The van der Waals surface area contributed by atoms with E-state index < -0.39 is 17.5 Å². The molecule has 0 amide bonds. The lowest BCUT2D eigenvalue weighted by molar-refractivity contribution is 0.304. The standard InChI is InChI=1S/C18H14F3NO/c1-2-13-5-3-12-4-6-14(9-17(12)22-13)23-10-11-7-15(19)18(21)16(20)8-11/h3-9H,2,10H2,1H3. The van der Waals surface area contributed by atoms with Gasteiger partial charge < -0.3 is 4.74 Å². The van der Waals surface area contributed by atoms with E-state index in [1.54, 1.807) is 12.1 Å². The average molecular weight is 317 g/mol. The monoisotopic (exact) mass is 317 g/mol. The van der Waals surface area contributed by atoms with Crippen LogP contribution in [0.3, 0.4) is 0 Å². The van der Waals surface area contributed by atoms with E-state index in [9.17, 15) is 13.2 Å². The third kappa shape index (κ3) is 3.28. The maximum absolute atomic E-state index is 13.2. The van der Waals surface area contributed by atoms with Crippen LogP contribution in [0.15, 0.2) is 42.5 Å². The molecule has 2 nitrogen and oxygen atoms in total. The minimum absolute atomic E-state index is 0.0624. The Hall–Kier alpha value is -2.56. The van der Waals surface area contributed by atoms with Crippen LogP contribution in [0.25, 0.3) is 10.9 Å². The Kier molecular flexibility index (Phi) is 4.19. The van der Waals surface area contributed by atoms with Gasteiger partial charge in [0.15, 0.2) is 17.5 Å². The number of aromatic nitrogens is 1. The first-order chi connectivity index (χ1) is 11.1. The Balaban J connectivity index is 1.81. The van der Waals surface area contributed by atoms with Gasteiger partial charge in [-0.15, -0.1) is 0 Å². The topological polar surface area (TPSA) is 22.1 Å². The van der Waals surface area contributed by atoms with Gasteiger partial charge in [0.05, 0.1) is 5.52 Å². The van der Waals surface area contributed by atoms with Crippen molar-refractivity contribution >= 4 is 10.9 Å². The minimum Gasteiger partial charge on any atom is -0.489 e. The second-order valence-corrected chi connectivity index (χ2v) is 5.17. The second-order valence-electron chi connectivity index (χ2n) is 5.17. The molecule has 0 bridgehead atoms. The molecule has 0 fully saturated rings. The smallest absolute Gasteiger partial charge is 0.194 e. The Morgan fingerprint density at radius 2 is 1.65 bits per heavy atom. The quantitative estimate of drug-likeness (QED) is 0.645. The molecule has 0 aliphatic rings. The highest BCUT2D eigenvalue weighted by atomic mass is 19.2. The van der Waals surface area contributed by atoms with Crippen LogP contribution in [0.1, 0.15) is 18.2 Å². The molecule has 3 aromatic rings. The van der Waals surface area contributed by atoms with E-state index in [1.807, 2.05) is 25.1 Å². The number of rotatable bonds is 4. The van der Waals surface area contributed by atoms with Gasteiger partial charge >= 0.3 is 0 Å².